The van der Waals surface area contributed by atoms with Crippen LogP contribution in [0.5, 0.6) is 0 Å². The highest BCUT2D eigenvalue weighted by atomic mass is 16.5. The predicted molar refractivity (Wildman–Crippen MR) is 77.4 cm³/mol. The quantitative estimate of drug-likeness (QED) is 0.869. The summed E-state index contributed by atoms with van der Waals surface area (Å²) in [6.45, 7) is 1.96. The van der Waals surface area contributed by atoms with E-state index in [0.29, 0.717) is 0 Å². The van der Waals surface area contributed by atoms with Gasteiger partial charge in [0.1, 0.15) is 6.10 Å². The topological polar surface area (TPSA) is 46.5 Å². The minimum absolute atomic E-state index is 0.162. The number of aliphatic hydroxyl groups excluding tert-OH is 1. The first-order chi connectivity index (χ1) is 9.63. The second-order valence-electron chi connectivity index (χ2n) is 4.71. The molecular weight excluding hydrogens is 252 g/mol. The van der Waals surface area contributed by atoms with Crippen LogP contribution in [0, 0.1) is 6.92 Å². The lowest BCUT2D eigenvalue weighted by Crippen LogP contribution is -2.10. The summed E-state index contributed by atoms with van der Waals surface area (Å²) in [6.07, 6.45) is -0.577. The molecule has 0 radical (unpaired) electrons. The average molecular weight is 270 g/mol. The molecular formula is C17H18O3. The van der Waals surface area contributed by atoms with Gasteiger partial charge >= 0.3 is 5.97 Å². The summed E-state index contributed by atoms with van der Waals surface area (Å²) >= 11 is 0. The lowest BCUT2D eigenvalue weighted by Gasteiger charge is -2.17. The lowest BCUT2D eigenvalue weighted by molar-refractivity contribution is -0.139. The van der Waals surface area contributed by atoms with Crippen LogP contribution in [0.1, 0.15) is 28.4 Å². The fourth-order valence-electron chi connectivity index (χ4n) is 2.25. The highest BCUT2D eigenvalue weighted by Gasteiger charge is 2.17. The Labute approximate surface area is 118 Å². The molecule has 1 unspecified atom stereocenters. The third-order valence-electron chi connectivity index (χ3n) is 3.40. The molecule has 0 aliphatic heterocycles. The van der Waals surface area contributed by atoms with Crippen molar-refractivity contribution >= 4 is 5.97 Å². The van der Waals surface area contributed by atoms with Crippen molar-refractivity contribution in [3.8, 4) is 0 Å². The number of aryl methyl sites for hydroxylation is 1. The summed E-state index contributed by atoms with van der Waals surface area (Å²) in [6, 6.07) is 15.1. The molecule has 0 saturated carbocycles. The number of methoxy groups -OCH3 is 1. The number of carbonyl (C=O) groups is 1. The Morgan fingerprint density at radius 3 is 2.35 bits per heavy atom. The van der Waals surface area contributed by atoms with E-state index >= 15 is 0 Å². The highest BCUT2D eigenvalue weighted by Crippen LogP contribution is 2.27. The minimum Gasteiger partial charge on any atom is -0.469 e. The number of hydrogen-bond donors (Lipinski definition) is 1. The van der Waals surface area contributed by atoms with Gasteiger partial charge in [0.2, 0.25) is 0 Å². The molecule has 1 N–H and O–H groups in total. The summed E-state index contributed by atoms with van der Waals surface area (Å²) in [7, 11) is 1.36. The van der Waals surface area contributed by atoms with E-state index in [1.165, 1.54) is 7.11 Å². The molecule has 0 fully saturated rings. The van der Waals surface area contributed by atoms with Crippen LogP contribution < -0.4 is 0 Å². The molecule has 2 rings (SSSR count). The van der Waals surface area contributed by atoms with Crippen molar-refractivity contribution in [2.24, 2.45) is 0 Å². The molecule has 104 valence electrons. The van der Waals surface area contributed by atoms with Gasteiger partial charge in [-0.05, 0) is 29.2 Å². The predicted octanol–water partition coefficient (Wildman–Crippen LogP) is 2.79. The molecule has 0 amide bonds. The van der Waals surface area contributed by atoms with Crippen LogP contribution in [-0.4, -0.2) is 18.2 Å². The number of carbonyl (C=O) groups excluding carboxylic acids is 1. The Bertz CT molecular complexity index is 605. The van der Waals surface area contributed by atoms with Crippen LogP contribution in [0.3, 0.4) is 0 Å². The van der Waals surface area contributed by atoms with E-state index in [4.69, 9.17) is 4.74 Å². The summed E-state index contributed by atoms with van der Waals surface area (Å²) in [5.74, 6) is -0.311. The standard InChI is InChI=1S/C17H18O3/c1-12-7-3-5-9-14(12)17(19)15-10-6-4-8-13(15)11-16(18)20-2/h3-10,17,19H,11H2,1-2H3. The Morgan fingerprint density at radius 1 is 1.10 bits per heavy atom. The smallest absolute Gasteiger partial charge is 0.309 e. The van der Waals surface area contributed by atoms with Crippen molar-refractivity contribution in [2.75, 3.05) is 7.11 Å². The molecule has 0 aromatic heterocycles. The van der Waals surface area contributed by atoms with E-state index < -0.39 is 6.10 Å². The first-order valence-electron chi connectivity index (χ1n) is 6.51. The number of rotatable bonds is 4. The van der Waals surface area contributed by atoms with E-state index in [9.17, 15) is 9.90 Å². The third kappa shape index (κ3) is 3.06. The van der Waals surface area contributed by atoms with Gasteiger partial charge in [0.15, 0.2) is 0 Å². The Balaban J connectivity index is 2.37. The second kappa shape index (κ2) is 6.35. The largest absolute Gasteiger partial charge is 0.469 e. The Hall–Kier alpha value is -2.13. The highest BCUT2D eigenvalue weighted by molar-refractivity contribution is 5.73. The first-order valence-corrected chi connectivity index (χ1v) is 6.51. The molecule has 3 heteroatoms. The fraction of sp³-hybridized carbons (Fsp3) is 0.235. The third-order valence-corrected chi connectivity index (χ3v) is 3.40. The molecule has 20 heavy (non-hydrogen) atoms. The van der Waals surface area contributed by atoms with Crippen molar-refractivity contribution in [1.29, 1.82) is 0 Å². The molecule has 2 aromatic carbocycles. The zero-order chi connectivity index (χ0) is 14.5. The Morgan fingerprint density at radius 2 is 1.70 bits per heavy atom. The monoisotopic (exact) mass is 270 g/mol. The molecule has 3 nitrogen and oxygen atoms in total. The van der Waals surface area contributed by atoms with Gasteiger partial charge in [-0.15, -0.1) is 0 Å². The van der Waals surface area contributed by atoms with Gasteiger partial charge in [0.25, 0.3) is 0 Å². The van der Waals surface area contributed by atoms with Gasteiger partial charge < -0.3 is 9.84 Å². The fourth-order valence-corrected chi connectivity index (χ4v) is 2.25. The van der Waals surface area contributed by atoms with Gasteiger partial charge in [-0.3, -0.25) is 4.79 Å². The van der Waals surface area contributed by atoms with Crippen LogP contribution in [0.2, 0.25) is 0 Å². The summed E-state index contributed by atoms with van der Waals surface area (Å²) < 4.78 is 4.70. The second-order valence-corrected chi connectivity index (χ2v) is 4.71. The van der Waals surface area contributed by atoms with Crippen molar-refractivity contribution < 1.29 is 14.6 Å². The molecule has 0 heterocycles. The lowest BCUT2D eigenvalue weighted by atomic mass is 9.93. The van der Waals surface area contributed by atoms with Crippen LogP contribution in [0.4, 0.5) is 0 Å². The SMILES string of the molecule is COC(=O)Cc1ccccc1C(O)c1ccccc1C. The van der Waals surface area contributed by atoms with E-state index in [1.54, 1.807) is 0 Å². The van der Waals surface area contributed by atoms with E-state index in [0.717, 1.165) is 22.3 Å². The van der Waals surface area contributed by atoms with Gasteiger partial charge in [0, 0.05) is 0 Å². The van der Waals surface area contributed by atoms with Crippen LogP contribution in [0.15, 0.2) is 48.5 Å². The molecule has 0 aliphatic carbocycles. The number of esters is 1. The number of aliphatic hydroxyl groups is 1. The average Bonchev–Trinajstić information content (AvgIpc) is 2.47. The Kier molecular flexibility index (Phi) is 4.53. The number of benzene rings is 2. The molecule has 0 aliphatic rings. The first kappa shape index (κ1) is 14.3. The maximum absolute atomic E-state index is 11.5. The van der Waals surface area contributed by atoms with Gasteiger partial charge in [0.05, 0.1) is 13.5 Å². The van der Waals surface area contributed by atoms with E-state index in [1.807, 2.05) is 55.5 Å². The minimum atomic E-state index is -0.739. The van der Waals surface area contributed by atoms with Crippen molar-refractivity contribution in [1.82, 2.24) is 0 Å². The van der Waals surface area contributed by atoms with Gasteiger partial charge in [-0.25, -0.2) is 0 Å². The van der Waals surface area contributed by atoms with Crippen molar-refractivity contribution in [2.45, 2.75) is 19.4 Å². The normalized spacial score (nSPS) is 11.9. The number of ether oxygens (including phenoxy) is 1. The molecule has 0 spiro atoms. The number of hydrogen-bond acceptors (Lipinski definition) is 3. The molecule has 0 saturated heterocycles. The maximum Gasteiger partial charge on any atom is 0.309 e. The molecule has 0 bridgehead atoms. The van der Waals surface area contributed by atoms with E-state index in [2.05, 4.69) is 0 Å². The van der Waals surface area contributed by atoms with E-state index in [-0.39, 0.29) is 12.4 Å². The zero-order valence-electron chi connectivity index (χ0n) is 11.7. The maximum atomic E-state index is 11.5. The molecule has 2 aromatic rings. The van der Waals surface area contributed by atoms with Crippen LogP contribution >= 0.6 is 0 Å². The van der Waals surface area contributed by atoms with Crippen LogP contribution in [-0.2, 0) is 16.0 Å². The van der Waals surface area contributed by atoms with Crippen molar-refractivity contribution in [3.05, 3.63) is 70.8 Å². The van der Waals surface area contributed by atoms with Crippen LogP contribution in [0.25, 0.3) is 0 Å². The zero-order valence-corrected chi connectivity index (χ0v) is 11.7. The summed E-state index contributed by atoms with van der Waals surface area (Å²) in [5.41, 5.74) is 3.40. The summed E-state index contributed by atoms with van der Waals surface area (Å²) in [4.78, 5) is 11.5. The van der Waals surface area contributed by atoms with Gasteiger partial charge in [-0.1, -0.05) is 48.5 Å². The molecule has 1 atom stereocenters. The van der Waals surface area contributed by atoms with Crippen molar-refractivity contribution in [3.63, 3.8) is 0 Å². The van der Waals surface area contributed by atoms with Gasteiger partial charge in [-0.2, -0.15) is 0 Å². The summed E-state index contributed by atoms with van der Waals surface area (Å²) in [5, 5.41) is 10.6.